The van der Waals surface area contributed by atoms with Crippen LogP contribution in [0.2, 0.25) is 0 Å². The Morgan fingerprint density at radius 1 is 1.33 bits per heavy atom. The van der Waals surface area contributed by atoms with Gasteiger partial charge < -0.3 is 9.62 Å². The van der Waals surface area contributed by atoms with Crippen molar-refractivity contribution in [1.82, 2.24) is 0 Å². The molecule has 0 aliphatic heterocycles. The third-order valence-electron chi connectivity index (χ3n) is 1.31. The Balaban J connectivity index is 3.43. The Bertz CT molecular complexity index is 133. The number of carbonyl (C=O) groups is 1. The minimum Gasteiger partial charge on any atom is -0.380 e. The zero-order chi connectivity index (χ0) is 9.56. The molecule has 0 fully saturated rings. The van der Waals surface area contributed by atoms with Crippen LogP contribution in [0.5, 0.6) is 0 Å². The van der Waals surface area contributed by atoms with Gasteiger partial charge in [-0.2, -0.15) is 5.26 Å². The zero-order valence-electron chi connectivity index (χ0n) is 7.74. The van der Waals surface area contributed by atoms with Crippen molar-refractivity contribution < 1.29 is 19.7 Å². The molecule has 0 bridgehead atoms. The smallest absolute Gasteiger partial charge is 0.347 e. The normalized spacial score (nSPS) is 13.1. The standard InChI is InChI=1S/C8H16O4/c1-6(2)4-11-5-7(3)8(9)12-10/h6-7,10H,4-5H2,1-3H3. The van der Waals surface area contributed by atoms with E-state index in [0.717, 1.165) is 0 Å². The van der Waals surface area contributed by atoms with E-state index in [2.05, 4.69) is 4.89 Å². The van der Waals surface area contributed by atoms with Crippen molar-refractivity contribution in [2.75, 3.05) is 13.2 Å². The van der Waals surface area contributed by atoms with Crippen LogP contribution in [0.15, 0.2) is 0 Å². The quantitative estimate of drug-likeness (QED) is 0.507. The monoisotopic (exact) mass is 176 g/mol. The van der Waals surface area contributed by atoms with E-state index in [1.54, 1.807) is 6.92 Å². The summed E-state index contributed by atoms with van der Waals surface area (Å²) in [7, 11) is 0. The maximum atomic E-state index is 10.6. The first-order valence-corrected chi connectivity index (χ1v) is 4.01. The van der Waals surface area contributed by atoms with Crippen LogP contribution in [0, 0.1) is 11.8 Å². The first kappa shape index (κ1) is 11.4. The van der Waals surface area contributed by atoms with Crippen LogP contribution >= 0.6 is 0 Å². The Hall–Kier alpha value is -0.610. The predicted molar refractivity (Wildman–Crippen MR) is 43.5 cm³/mol. The predicted octanol–water partition coefficient (Wildman–Crippen LogP) is 1.31. The van der Waals surface area contributed by atoms with Crippen molar-refractivity contribution in [3.05, 3.63) is 0 Å². The van der Waals surface area contributed by atoms with Crippen LogP contribution in [-0.4, -0.2) is 24.4 Å². The zero-order valence-corrected chi connectivity index (χ0v) is 7.74. The van der Waals surface area contributed by atoms with Crippen molar-refractivity contribution in [2.45, 2.75) is 20.8 Å². The molecule has 4 heteroatoms. The lowest BCUT2D eigenvalue weighted by molar-refractivity contribution is -0.239. The molecule has 0 spiro atoms. The lowest BCUT2D eigenvalue weighted by Gasteiger charge is -2.09. The van der Waals surface area contributed by atoms with Crippen molar-refractivity contribution in [3.8, 4) is 0 Å². The molecule has 1 atom stereocenters. The van der Waals surface area contributed by atoms with Crippen LogP contribution < -0.4 is 0 Å². The van der Waals surface area contributed by atoms with Gasteiger partial charge in [0.2, 0.25) is 0 Å². The Morgan fingerprint density at radius 3 is 2.33 bits per heavy atom. The molecule has 0 aromatic heterocycles. The Kier molecular flexibility index (Phi) is 5.66. The average Bonchev–Trinajstić information content (AvgIpc) is 2.02. The highest BCUT2D eigenvalue weighted by atomic mass is 17.1. The molecule has 0 aromatic rings. The van der Waals surface area contributed by atoms with Crippen molar-refractivity contribution in [3.63, 3.8) is 0 Å². The summed E-state index contributed by atoms with van der Waals surface area (Å²) in [5.74, 6) is -0.616. The van der Waals surface area contributed by atoms with Crippen molar-refractivity contribution in [1.29, 1.82) is 0 Å². The lowest BCUT2D eigenvalue weighted by Crippen LogP contribution is -2.19. The molecule has 0 radical (unpaired) electrons. The van der Waals surface area contributed by atoms with Crippen LogP contribution in [0.25, 0.3) is 0 Å². The van der Waals surface area contributed by atoms with Crippen molar-refractivity contribution in [2.24, 2.45) is 11.8 Å². The van der Waals surface area contributed by atoms with Gasteiger partial charge in [-0.25, -0.2) is 4.79 Å². The summed E-state index contributed by atoms with van der Waals surface area (Å²) in [6.07, 6.45) is 0. The summed E-state index contributed by atoms with van der Waals surface area (Å²) in [4.78, 5) is 14.2. The molecular formula is C8H16O4. The van der Waals surface area contributed by atoms with Gasteiger partial charge in [-0.05, 0) is 12.8 Å². The third-order valence-corrected chi connectivity index (χ3v) is 1.31. The second-order valence-corrected chi connectivity index (χ2v) is 3.24. The van der Waals surface area contributed by atoms with E-state index in [1.807, 2.05) is 13.8 Å². The molecule has 0 saturated carbocycles. The summed E-state index contributed by atoms with van der Waals surface area (Å²) in [5, 5.41) is 8.01. The molecule has 72 valence electrons. The summed E-state index contributed by atoms with van der Waals surface area (Å²) in [5.41, 5.74) is 0. The lowest BCUT2D eigenvalue weighted by atomic mass is 10.2. The van der Waals surface area contributed by atoms with Gasteiger partial charge in [-0.15, -0.1) is 0 Å². The largest absolute Gasteiger partial charge is 0.380 e. The summed E-state index contributed by atoms with van der Waals surface area (Å²) >= 11 is 0. The molecular weight excluding hydrogens is 160 g/mol. The van der Waals surface area contributed by atoms with E-state index in [4.69, 9.17) is 9.99 Å². The van der Waals surface area contributed by atoms with E-state index >= 15 is 0 Å². The molecule has 0 aliphatic rings. The molecule has 0 aliphatic carbocycles. The Labute approximate surface area is 72.4 Å². The molecule has 0 amide bonds. The average molecular weight is 176 g/mol. The summed E-state index contributed by atoms with van der Waals surface area (Å²) in [6.45, 7) is 6.59. The number of hydrogen-bond donors (Lipinski definition) is 1. The molecule has 0 rings (SSSR count). The summed E-state index contributed by atoms with van der Waals surface area (Å²) < 4.78 is 5.17. The van der Waals surface area contributed by atoms with Gasteiger partial charge in [0.1, 0.15) is 0 Å². The maximum absolute atomic E-state index is 10.6. The molecule has 4 nitrogen and oxygen atoms in total. The number of rotatable bonds is 5. The van der Waals surface area contributed by atoms with E-state index in [0.29, 0.717) is 12.5 Å². The van der Waals surface area contributed by atoms with Crippen LogP contribution in [-0.2, 0) is 14.4 Å². The number of ether oxygens (including phenoxy) is 1. The molecule has 0 heterocycles. The van der Waals surface area contributed by atoms with Crippen LogP contribution in [0.3, 0.4) is 0 Å². The number of carbonyl (C=O) groups excluding carboxylic acids is 1. The molecule has 1 unspecified atom stereocenters. The van der Waals surface area contributed by atoms with Gasteiger partial charge in [0, 0.05) is 6.61 Å². The van der Waals surface area contributed by atoms with E-state index in [9.17, 15) is 4.79 Å². The second kappa shape index (κ2) is 5.97. The fraction of sp³-hybridized carbons (Fsp3) is 0.875. The fourth-order valence-electron chi connectivity index (χ4n) is 0.639. The summed E-state index contributed by atoms with van der Waals surface area (Å²) in [6, 6.07) is 0. The van der Waals surface area contributed by atoms with Gasteiger partial charge in [0.15, 0.2) is 0 Å². The van der Waals surface area contributed by atoms with E-state index < -0.39 is 11.9 Å². The van der Waals surface area contributed by atoms with Gasteiger partial charge in [-0.1, -0.05) is 13.8 Å². The minimum absolute atomic E-state index is 0.289. The topological polar surface area (TPSA) is 55.8 Å². The first-order chi connectivity index (χ1) is 5.57. The van der Waals surface area contributed by atoms with E-state index in [-0.39, 0.29) is 6.61 Å². The molecule has 1 N–H and O–H groups in total. The molecule has 12 heavy (non-hydrogen) atoms. The minimum atomic E-state index is -0.654. The molecule has 0 aromatic carbocycles. The third kappa shape index (κ3) is 5.09. The van der Waals surface area contributed by atoms with Crippen molar-refractivity contribution >= 4 is 5.97 Å². The fourth-order valence-corrected chi connectivity index (χ4v) is 0.639. The van der Waals surface area contributed by atoms with Gasteiger partial charge in [0.05, 0.1) is 12.5 Å². The first-order valence-electron chi connectivity index (χ1n) is 4.01. The highest BCUT2D eigenvalue weighted by Crippen LogP contribution is 2.00. The van der Waals surface area contributed by atoms with Gasteiger partial charge in [0.25, 0.3) is 0 Å². The Morgan fingerprint density at radius 2 is 1.92 bits per heavy atom. The highest BCUT2D eigenvalue weighted by molar-refractivity contribution is 5.71. The van der Waals surface area contributed by atoms with Crippen LogP contribution in [0.4, 0.5) is 0 Å². The highest BCUT2D eigenvalue weighted by Gasteiger charge is 2.14. The SMILES string of the molecule is CC(C)COCC(C)C(=O)OO. The van der Waals surface area contributed by atoms with Crippen LogP contribution in [0.1, 0.15) is 20.8 Å². The van der Waals surface area contributed by atoms with Gasteiger partial charge in [-0.3, -0.25) is 0 Å². The van der Waals surface area contributed by atoms with E-state index in [1.165, 1.54) is 0 Å². The van der Waals surface area contributed by atoms with Gasteiger partial charge >= 0.3 is 5.97 Å². The number of hydrogen-bond acceptors (Lipinski definition) is 4. The molecule has 0 saturated heterocycles. The second-order valence-electron chi connectivity index (χ2n) is 3.24. The maximum Gasteiger partial charge on any atom is 0.347 e.